The molecule has 3 saturated heterocycles. The van der Waals surface area contributed by atoms with Crippen LogP contribution in [0.3, 0.4) is 0 Å². The van der Waals surface area contributed by atoms with Gasteiger partial charge in [0.25, 0.3) is 0 Å². The third-order valence-corrected chi connectivity index (χ3v) is 40.7. The average Bonchev–Trinajstić information content (AvgIpc) is 1.58. The molecule has 0 aromatic rings. The molecule has 0 unspecified atom stereocenters. The van der Waals surface area contributed by atoms with E-state index in [9.17, 15) is 15.0 Å². The van der Waals surface area contributed by atoms with Gasteiger partial charge in [0, 0.05) is 30.8 Å². The van der Waals surface area contributed by atoms with Crippen LogP contribution in [-0.4, -0.2) is 114 Å². The van der Waals surface area contributed by atoms with E-state index < -0.39 is 36.2 Å². The van der Waals surface area contributed by atoms with Gasteiger partial charge < -0.3 is 42.4 Å². The fourth-order valence-electron chi connectivity index (χ4n) is 20.1. The molecule has 3 aliphatic heterocycles. The Bertz CT molecular complexity index is 2270. The van der Waals surface area contributed by atoms with E-state index in [0.29, 0.717) is 89.7 Å². The van der Waals surface area contributed by atoms with Crippen LogP contribution in [0, 0.1) is 63.6 Å². The zero-order valence-electron chi connectivity index (χ0n) is 62.1. The summed E-state index contributed by atoms with van der Waals surface area (Å²) < 4.78 is 45.6. The van der Waals surface area contributed by atoms with Gasteiger partial charge >= 0.3 is 5.97 Å². The molecule has 6 saturated carbocycles. The number of rotatable bonds is 15. The Hall–Kier alpha value is -0.459. The van der Waals surface area contributed by atoms with Crippen LogP contribution in [0.15, 0.2) is 11.6 Å². The normalized spacial score (nSPS) is 40.6. The molecule has 2 N–H and O–H groups in total. The Morgan fingerprint density at radius 2 is 0.818 bits per heavy atom. The molecule has 13 heteroatoms. The van der Waals surface area contributed by atoms with Crippen molar-refractivity contribution in [2.24, 2.45) is 63.6 Å². The SMILES string of the molecule is CC(C)(O)C[C@@H]1CO[C@](C)([C@H]2CC[C@H]3[C@@H](O[Si](C)(C)C(C)(C)C)CCC[C@@]32C)C1.CC(C)(O)C[C@H]1CO[C@](C)([C@H]2CC[C@H]3[C@@H](O[Si](C)(C)C(C)(C)C)CCC[C@@]32C)C1.CCOC(=O)C=C1CO[C@](C)([C@H]2CC[C@H]3[C@@H](O[Si](C)(C)C(C)(C)C)CCC[C@@]32C)C1. The lowest BCUT2D eigenvalue weighted by atomic mass is 9.60. The minimum Gasteiger partial charge on any atom is -0.463 e. The van der Waals surface area contributed by atoms with Gasteiger partial charge in [-0.1, -0.05) is 102 Å². The maximum Gasteiger partial charge on any atom is 0.330 e. The maximum atomic E-state index is 11.9. The first kappa shape index (κ1) is 74.9. The topological polar surface area (TPSA) is 122 Å². The maximum absolute atomic E-state index is 11.9. The van der Waals surface area contributed by atoms with Crippen molar-refractivity contribution in [2.45, 2.75) is 368 Å². The van der Waals surface area contributed by atoms with Crippen molar-refractivity contribution in [3.05, 3.63) is 11.6 Å². The quantitative estimate of drug-likeness (QED) is 0.0931. The second-order valence-corrected chi connectivity index (χ2v) is 52.7. The highest BCUT2D eigenvalue weighted by Gasteiger charge is 2.63. The van der Waals surface area contributed by atoms with Crippen LogP contribution in [0.25, 0.3) is 0 Å². The molecule has 6 aliphatic carbocycles. The first-order chi connectivity index (χ1) is 40.0. The summed E-state index contributed by atoms with van der Waals surface area (Å²) in [7, 11) is -5.29. The van der Waals surface area contributed by atoms with Crippen molar-refractivity contribution in [1.29, 1.82) is 0 Å². The average molecular weight is 1290 g/mol. The third kappa shape index (κ3) is 16.3. The van der Waals surface area contributed by atoms with E-state index in [4.69, 9.17) is 32.2 Å². The molecule has 9 rings (SSSR count). The fourth-order valence-corrected chi connectivity index (χ4v) is 24.3. The Morgan fingerprint density at radius 3 is 1.11 bits per heavy atom. The number of ether oxygens (including phenoxy) is 4. The summed E-state index contributed by atoms with van der Waals surface area (Å²) >= 11 is 0. The molecule has 0 bridgehead atoms. The second kappa shape index (κ2) is 26.5. The van der Waals surface area contributed by atoms with E-state index in [-0.39, 0.29) is 43.3 Å². The summed E-state index contributed by atoms with van der Waals surface area (Å²) in [6.45, 7) is 62.3. The van der Waals surface area contributed by atoms with Gasteiger partial charge in [0.1, 0.15) is 0 Å². The molecular weight excluding hydrogens is 1150 g/mol. The number of carbonyl (C=O) groups excluding carboxylic acids is 1. The monoisotopic (exact) mass is 1280 g/mol. The zero-order valence-corrected chi connectivity index (χ0v) is 65.1. The number of fused-ring (bicyclic) bond motifs is 3. The molecule has 0 aromatic heterocycles. The summed E-state index contributed by atoms with van der Waals surface area (Å²) in [5, 5.41) is 21.4. The van der Waals surface area contributed by atoms with Crippen LogP contribution in [0.4, 0.5) is 0 Å². The molecule has 17 atom stereocenters. The first-order valence-corrected chi connectivity index (χ1v) is 45.0. The van der Waals surface area contributed by atoms with Gasteiger partial charge in [-0.15, -0.1) is 0 Å². The molecule has 0 amide bonds. The van der Waals surface area contributed by atoms with Crippen molar-refractivity contribution >= 4 is 30.9 Å². The summed E-state index contributed by atoms with van der Waals surface area (Å²) in [6.07, 6.45) is 26.5. The van der Waals surface area contributed by atoms with E-state index in [1.54, 1.807) is 6.08 Å². The van der Waals surface area contributed by atoms with E-state index in [1.807, 2.05) is 34.6 Å². The van der Waals surface area contributed by atoms with Crippen LogP contribution < -0.4 is 0 Å². The molecule has 512 valence electrons. The molecule has 9 fully saturated rings. The standard InChI is InChI=1S/C25H44O4Si.2C25H48O3Si/c1-9-27-22(26)15-18-16-25(6,28-17-18)21-13-12-19-20(11-10-14-24(19,21)5)29-30(7,8)23(2,3)4;2*1-22(2,3)29(8,9)28-20-11-10-14-24(6)19(20)12-13-21(24)25(7)16-18(17-27-25)15-23(4,5)26/h15,19-21H,9-14,16-17H2,1-8H3;2*18-21,26H,10-17H2,1-9H3/t19-,20-,21-,24-,25-;18-,19+,20+,21+,24+,25+;18-,19-,20-,21-,24-,25-/m010/s1. The van der Waals surface area contributed by atoms with E-state index in [2.05, 4.69) is 143 Å². The van der Waals surface area contributed by atoms with Crippen molar-refractivity contribution in [3.63, 3.8) is 0 Å². The fraction of sp³-hybridized carbons (Fsp3) is 0.960. The Morgan fingerprint density at radius 1 is 0.500 bits per heavy atom. The van der Waals surface area contributed by atoms with Crippen molar-refractivity contribution < 1.29 is 47.2 Å². The lowest BCUT2D eigenvalue weighted by Crippen LogP contribution is -2.52. The smallest absolute Gasteiger partial charge is 0.330 e. The highest BCUT2D eigenvalue weighted by atomic mass is 28.4. The zero-order chi connectivity index (χ0) is 66.1. The Balaban J connectivity index is 0.000000188. The number of aliphatic hydroxyl groups is 2. The van der Waals surface area contributed by atoms with Crippen LogP contribution in [0.2, 0.25) is 54.4 Å². The van der Waals surface area contributed by atoms with Gasteiger partial charge in [0.05, 0.1) is 54.4 Å². The first-order valence-electron chi connectivity index (χ1n) is 36.2. The summed E-state index contributed by atoms with van der Waals surface area (Å²) in [4.78, 5) is 11.9. The van der Waals surface area contributed by atoms with E-state index in [1.165, 1.54) is 96.3 Å². The van der Waals surface area contributed by atoms with Gasteiger partial charge in [0.15, 0.2) is 25.0 Å². The van der Waals surface area contributed by atoms with Crippen LogP contribution in [0.5, 0.6) is 0 Å². The second-order valence-electron chi connectivity index (χ2n) is 38.4. The molecule has 0 aromatic carbocycles. The van der Waals surface area contributed by atoms with Gasteiger partial charge in [-0.05, 0) is 282 Å². The van der Waals surface area contributed by atoms with Gasteiger partial charge in [0.2, 0.25) is 0 Å². The van der Waals surface area contributed by atoms with Crippen LogP contribution in [0.1, 0.15) is 267 Å². The Kier molecular flexibility index (Phi) is 22.6. The highest BCUT2D eigenvalue weighted by Crippen LogP contribution is 2.66. The molecule has 88 heavy (non-hydrogen) atoms. The third-order valence-electron chi connectivity index (χ3n) is 27.2. The summed E-state index contributed by atoms with van der Waals surface area (Å²) in [5.41, 5.74) is 0.486. The van der Waals surface area contributed by atoms with Crippen LogP contribution >= 0.6 is 0 Å². The van der Waals surface area contributed by atoms with Crippen molar-refractivity contribution in [3.8, 4) is 0 Å². The molecule has 10 nitrogen and oxygen atoms in total. The molecule has 0 radical (unpaired) electrons. The lowest BCUT2D eigenvalue weighted by molar-refractivity contribution is -0.137. The minimum absolute atomic E-state index is 0.0434. The predicted molar refractivity (Wildman–Crippen MR) is 371 cm³/mol. The minimum atomic E-state index is -1.79. The summed E-state index contributed by atoms with van der Waals surface area (Å²) in [6, 6.07) is 0. The van der Waals surface area contributed by atoms with Crippen LogP contribution in [-0.2, 0) is 37.0 Å². The van der Waals surface area contributed by atoms with Crippen molar-refractivity contribution in [1.82, 2.24) is 0 Å². The summed E-state index contributed by atoms with van der Waals surface area (Å²) in [5.74, 6) is 4.40. The molecular formula is C75H140O10Si3. The van der Waals surface area contributed by atoms with Crippen molar-refractivity contribution in [2.75, 3.05) is 26.4 Å². The largest absolute Gasteiger partial charge is 0.463 e. The Labute approximate surface area is 544 Å². The van der Waals surface area contributed by atoms with E-state index >= 15 is 0 Å². The van der Waals surface area contributed by atoms with E-state index in [0.717, 1.165) is 50.9 Å². The van der Waals surface area contributed by atoms with Gasteiger partial charge in [-0.25, -0.2) is 4.79 Å². The number of hydrogen-bond acceptors (Lipinski definition) is 10. The lowest BCUT2D eigenvalue weighted by Gasteiger charge is -2.51. The van der Waals surface area contributed by atoms with Gasteiger partial charge in [-0.3, -0.25) is 0 Å². The molecule has 3 heterocycles. The van der Waals surface area contributed by atoms with Gasteiger partial charge in [-0.2, -0.15) is 0 Å². The number of carbonyl (C=O) groups is 1. The highest BCUT2D eigenvalue weighted by molar-refractivity contribution is 6.75. The molecule has 9 aliphatic rings. The molecule has 0 spiro atoms. The predicted octanol–water partition coefficient (Wildman–Crippen LogP) is 19.4. The number of hydrogen-bond donors (Lipinski definition) is 2. The number of esters is 1.